The van der Waals surface area contributed by atoms with Crippen LogP contribution in [0.3, 0.4) is 0 Å². The Bertz CT molecular complexity index is 447. The Labute approximate surface area is 122 Å². The van der Waals surface area contributed by atoms with Gasteiger partial charge in [0.1, 0.15) is 11.7 Å². The first-order valence-electron chi connectivity index (χ1n) is 6.26. The maximum atomic E-state index is 12.1. The summed E-state index contributed by atoms with van der Waals surface area (Å²) in [6, 6.07) is 2.56. The van der Waals surface area contributed by atoms with Crippen LogP contribution < -0.4 is 5.32 Å². The van der Waals surface area contributed by atoms with E-state index in [0.29, 0.717) is 31.0 Å². The maximum Gasteiger partial charge on any atom is 0.326 e. The molecule has 20 heavy (non-hydrogen) atoms. The van der Waals surface area contributed by atoms with Crippen molar-refractivity contribution in [3.05, 3.63) is 24.0 Å². The van der Waals surface area contributed by atoms with Crippen molar-refractivity contribution in [1.82, 2.24) is 9.88 Å². The smallest absolute Gasteiger partial charge is 0.326 e. The number of hydrogen-bond acceptors (Lipinski definition) is 4. The van der Waals surface area contributed by atoms with E-state index in [1.54, 1.807) is 41.8 Å². The normalized spacial score (nSPS) is 12.1. The predicted octanol–water partition coefficient (Wildman–Crippen LogP) is 1.07. The molecule has 0 aliphatic carbocycles. The van der Waals surface area contributed by atoms with Crippen LogP contribution in [0, 0.1) is 0 Å². The minimum absolute atomic E-state index is 0.375. The Morgan fingerprint density at radius 2 is 2.30 bits per heavy atom. The lowest BCUT2D eigenvalue weighted by Crippen LogP contribution is -2.41. The number of carbonyl (C=O) groups excluding carboxylic acids is 1. The number of carboxylic acid groups (broad SMARTS) is 1. The topological polar surface area (TPSA) is 80.6 Å². The van der Waals surface area contributed by atoms with Crippen LogP contribution in [-0.4, -0.2) is 53.3 Å². The van der Waals surface area contributed by atoms with Gasteiger partial charge in [-0.05, 0) is 30.6 Å². The van der Waals surface area contributed by atoms with Gasteiger partial charge in [-0.3, -0.25) is 4.79 Å². The van der Waals surface area contributed by atoms with Crippen molar-refractivity contribution in [3.63, 3.8) is 0 Å². The third kappa shape index (κ3) is 4.90. The number of aromatic nitrogens is 1. The number of carbonyl (C=O) groups is 2. The molecule has 0 saturated heterocycles. The van der Waals surface area contributed by atoms with E-state index >= 15 is 0 Å². The monoisotopic (exact) mass is 300 g/mol. The van der Waals surface area contributed by atoms with E-state index in [1.807, 2.05) is 6.26 Å². The van der Waals surface area contributed by atoms with Gasteiger partial charge in [-0.25, -0.2) is 4.79 Å². The van der Waals surface area contributed by atoms with Crippen molar-refractivity contribution in [1.29, 1.82) is 0 Å². The van der Waals surface area contributed by atoms with Crippen LogP contribution in [0.5, 0.6) is 0 Å². The van der Waals surface area contributed by atoms with Crippen LogP contribution in [0.15, 0.2) is 18.3 Å². The van der Waals surface area contributed by atoms with E-state index < -0.39 is 12.0 Å². The molecule has 0 unspecified atom stereocenters. The molecule has 0 aliphatic rings. The Morgan fingerprint density at radius 1 is 1.55 bits per heavy atom. The summed E-state index contributed by atoms with van der Waals surface area (Å²) in [5, 5.41) is 11.7. The molecular weight excluding hydrogens is 280 g/mol. The summed E-state index contributed by atoms with van der Waals surface area (Å²) >= 11 is 1.55. The SMILES string of the molecule is COCCn1cccc1C(=O)N[C@@H](CCSC)C(=O)O. The lowest BCUT2D eigenvalue weighted by atomic mass is 10.2. The standard InChI is InChI=1S/C13H20N2O4S/c1-19-8-7-15-6-3-4-11(15)12(16)14-10(13(17)18)5-9-20-2/h3-4,6,10H,5,7-9H2,1-2H3,(H,14,16)(H,17,18)/t10-/m0/s1. The van der Waals surface area contributed by atoms with Crippen molar-refractivity contribution in [2.24, 2.45) is 0 Å². The van der Waals surface area contributed by atoms with Crippen molar-refractivity contribution < 1.29 is 19.4 Å². The summed E-state index contributed by atoms with van der Waals surface area (Å²) in [6.07, 6.45) is 4.07. The summed E-state index contributed by atoms with van der Waals surface area (Å²) in [6.45, 7) is 1.04. The fourth-order valence-electron chi connectivity index (χ4n) is 1.73. The summed E-state index contributed by atoms with van der Waals surface area (Å²) in [4.78, 5) is 23.2. The zero-order valence-corrected chi connectivity index (χ0v) is 12.5. The third-order valence-corrected chi connectivity index (χ3v) is 3.46. The van der Waals surface area contributed by atoms with Gasteiger partial charge in [0.15, 0.2) is 0 Å². The fraction of sp³-hybridized carbons (Fsp3) is 0.538. The van der Waals surface area contributed by atoms with E-state index in [2.05, 4.69) is 5.32 Å². The van der Waals surface area contributed by atoms with E-state index in [-0.39, 0.29) is 5.91 Å². The van der Waals surface area contributed by atoms with Crippen molar-refractivity contribution in [2.75, 3.05) is 25.7 Å². The van der Waals surface area contributed by atoms with Crippen molar-refractivity contribution >= 4 is 23.6 Å². The number of aliphatic carboxylic acids is 1. The van der Waals surface area contributed by atoms with E-state index in [4.69, 9.17) is 9.84 Å². The number of nitrogens with one attached hydrogen (secondary N) is 1. The number of methoxy groups -OCH3 is 1. The Morgan fingerprint density at radius 3 is 2.90 bits per heavy atom. The second-order valence-electron chi connectivity index (χ2n) is 4.23. The average molecular weight is 300 g/mol. The first kappa shape index (κ1) is 16.6. The predicted molar refractivity (Wildman–Crippen MR) is 78.2 cm³/mol. The first-order chi connectivity index (χ1) is 9.60. The van der Waals surface area contributed by atoms with Gasteiger partial charge in [-0.15, -0.1) is 0 Å². The third-order valence-electron chi connectivity index (χ3n) is 2.81. The molecule has 2 N–H and O–H groups in total. The molecule has 7 heteroatoms. The van der Waals surface area contributed by atoms with Gasteiger partial charge < -0.3 is 19.7 Å². The molecule has 1 aromatic rings. The largest absolute Gasteiger partial charge is 0.480 e. The molecule has 6 nitrogen and oxygen atoms in total. The van der Waals surface area contributed by atoms with Crippen LogP contribution in [0.1, 0.15) is 16.9 Å². The van der Waals surface area contributed by atoms with Crippen LogP contribution in [0.25, 0.3) is 0 Å². The van der Waals surface area contributed by atoms with Gasteiger partial charge in [0, 0.05) is 19.9 Å². The molecule has 0 fully saturated rings. The molecule has 1 atom stereocenters. The van der Waals surface area contributed by atoms with E-state index in [9.17, 15) is 9.59 Å². The lowest BCUT2D eigenvalue weighted by molar-refractivity contribution is -0.139. The number of hydrogen-bond donors (Lipinski definition) is 2. The van der Waals surface area contributed by atoms with Crippen LogP contribution in [0.2, 0.25) is 0 Å². The summed E-state index contributed by atoms with van der Waals surface area (Å²) in [5.41, 5.74) is 0.442. The average Bonchev–Trinajstić information content (AvgIpc) is 2.89. The van der Waals surface area contributed by atoms with E-state index in [0.717, 1.165) is 0 Å². The molecule has 0 bridgehead atoms. The molecule has 1 heterocycles. The number of nitrogens with zero attached hydrogens (tertiary/aromatic N) is 1. The molecule has 0 aliphatic heterocycles. The molecule has 1 aromatic heterocycles. The molecule has 0 radical (unpaired) electrons. The Kier molecular flexibility index (Phi) is 7.17. The van der Waals surface area contributed by atoms with Gasteiger partial charge in [-0.1, -0.05) is 0 Å². The first-order valence-corrected chi connectivity index (χ1v) is 7.66. The molecule has 1 amide bonds. The van der Waals surface area contributed by atoms with Gasteiger partial charge in [0.05, 0.1) is 6.61 Å². The molecule has 0 aromatic carbocycles. The second kappa shape index (κ2) is 8.65. The van der Waals surface area contributed by atoms with Crippen LogP contribution >= 0.6 is 11.8 Å². The maximum absolute atomic E-state index is 12.1. The minimum Gasteiger partial charge on any atom is -0.480 e. The van der Waals surface area contributed by atoms with Crippen LogP contribution in [0.4, 0.5) is 0 Å². The molecule has 0 spiro atoms. The molecule has 112 valence electrons. The van der Waals surface area contributed by atoms with Gasteiger partial charge in [0.2, 0.25) is 0 Å². The fourth-order valence-corrected chi connectivity index (χ4v) is 2.20. The quantitative estimate of drug-likeness (QED) is 0.713. The highest BCUT2D eigenvalue weighted by Crippen LogP contribution is 2.06. The highest BCUT2D eigenvalue weighted by atomic mass is 32.2. The Balaban J connectivity index is 2.68. The Hall–Kier alpha value is -1.47. The summed E-state index contributed by atoms with van der Waals surface area (Å²) in [7, 11) is 1.59. The second-order valence-corrected chi connectivity index (χ2v) is 5.21. The number of carboxylic acids is 1. The minimum atomic E-state index is -1.01. The summed E-state index contributed by atoms with van der Waals surface area (Å²) < 4.78 is 6.72. The van der Waals surface area contributed by atoms with Crippen molar-refractivity contribution in [2.45, 2.75) is 19.0 Å². The highest BCUT2D eigenvalue weighted by Gasteiger charge is 2.21. The van der Waals surface area contributed by atoms with Crippen LogP contribution in [-0.2, 0) is 16.1 Å². The highest BCUT2D eigenvalue weighted by molar-refractivity contribution is 7.98. The van der Waals surface area contributed by atoms with Gasteiger partial charge >= 0.3 is 5.97 Å². The number of thioether (sulfide) groups is 1. The zero-order chi connectivity index (χ0) is 15.0. The molecule has 0 saturated carbocycles. The van der Waals surface area contributed by atoms with Gasteiger partial charge in [0.25, 0.3) is 5.91 Å². The number of amides is 1. The van der Waals surface area contributed by atoms with E-state index in [1.165, 1.54) is 0 Å². The number of rotatable bonds is 9. The van der Waals surface area contributed by atoms with Gasteiger partial charge in [-0.2, -0.15) is 11.8 Å². The summed E-state index contributed by atoms with van der Waals surface area (Å²) in [5.74, 6) is -0.705. The zero-order valence-electron chi connectivity index (χ0n) is 11.7. The lowest BCUT2D eigenvalue weighted by Gasteiger charge is -2.15. The number of ether oxygens (including phenoxy) is 1. The van der Waals surface area contributed by atoms with Crippen molar-refractivity contribution in [3.8, 4) is 0 Å². The molecule has 1 rings (SSSR count). The molecular formula is C13H20N2O4S.